The largest absolute Gasteiger partial charge is 0.394 e. The minimum absolute atomic E-state index is 0.271. The van der Waals surface area contributed by atoms with E-state index in [0.717, 1.165) is 19.3 Å². The molecule has 1 rings (SSSR count). The van der Waals surface area contributed by atoms with Crippen molar-refractivity contribution in [2.24, 2.45) is 0 Å². The van der Waals surface area contributed by atoms with E-state index in [0.29, 0.717) is 6.61 Å². The Morgan fingerprint density at radius 1 is 1.09 bits per heavy atom. The second-order valence-electron chi connectivity index (χ2n) is 6.35. The Balaban J connectivity index is 1.92. The molecule has 3 N–H and O–H groups in total. The molecule has 0 aromatic carbocycles. The average molecular weight is 330 g/mol. The van der Waals surface area contributed by atoms with E-state index in [-0.39, 0.29) is 6.61 Å². The van der Waals surface area contributed by atoms with Gasteiger partial charge in [-0.15, -0.1) is 6.58 Å². The van der Waals surface area contributed by atoms with Crippen molar-refractivity contribution in [2.45, 2.75) is 82.2 Å². The van der Waals surface area contributed by atoms with Crippen LogP contribution in [0.25, 0.3) is 0 Å². The molecule has 0 radical (unpaired) electrons. The summed E-state index contributed by atoms with van der Waals surface area (Å²) in [5, 5.41) is 28.4. The zero-order valence-electron chi connectivity index (χ0n) is 14.2. The smallest absolute Gasteiger partial charge is 0.114 e. The number of unbranched alkanes of at least 4 members (excludes halogenated alkanes) is 8. The maximum Gasteiger partial charge on any atom is 0.114 e. The van der Waals surface area contributed by atoms with E-state index in [9.17, 15) is 10.2 Å². The minimum atomic E-state index is -1.05. The van der Waals surface area contributed by atoms with Crippen LogP contribution in [0, 0.1) is 0 Å². The summed E-state index contributed by atoms with van der Waals surface area (Å²) < 4.78 is 10.9. The van der Waals surface area contributed by atoms with Crippen LogP contribution in [0.1, 0.15) is 57.8 Å². The highest BCUT2D eigenvalue weighted by Crippen LogP contribution is 2.20. The zero-order valence-corrected chi connectivity index (χ0v) is 14.2. The maximum atomic E-state index is 9.98. The van der Waals surface area contributed by atoms with Crippen LogP contribution in [0.15, 0.2) is 12.7 Å². The predicted molar refractivity (Wildman–Crippen MR) is 90.3 cm³/mol. The lowest BCUT2D eigenvalue weighted by Gasteiger charge is -2.20. The van der Waals surface area contributed by atoms with Gasteiger partial charge in [-0.05, 0) is 19.3 Å². The number of hydrogen-bond acceptors (Lipinski definition) is 5. The Labute approximate surface area is 140 Å². The summed E-state index contributed by atoms with van der Waals surface area (Å²) in [4.78, 5) is 0. The molecule has 1 aliphatic heterocycles. The first-order valence-corrected chi connectivity index (χ1v) is 9.01. The molecule has 1 heterocycles. The molecule has 1 saturated heterocycles. The number of ether oxygens (including phenoxy) is 2. The molecule has 0 unspecified atom stereocenters. The van der Waals surface area contributed by atoms with E-state index in [1.54, 1.807) is 0 Å². The average Bonchev–Trinajstić information content (AvgIpc) is 2.93. The van der Waals surface area contributed by atoms with E-state index in [1.807, 2.05) is 6.08 Å². The SMILES string of the molecule is C=CCCCCCCCCCCO[C@@H]1CO[C@@H]([C@@H](O)CO)[C@H]1O. The first-order valence-electron chi connectivity index (χ1n) is 9.01. The van der Waals surface area contributed by atoms with Gasteiger partial charge in [-0.2, -0.15) is 0 Å². The van der Waals surface area contributed by atoms with Gasteiger partial charge in [0.2, 0.25) is 0 Å². The van der Waals surface area contributed by atoms with Gasteiger partial charge in [0.1, 0.15) is 24.4 Å². The summed E-state index contributed by atoms with van der Waals surface area (Å²) in [6, 6.07) is 0. The van der Waals surface area contributed by atoms with Crippen LogP contribution in [0.4, 0.5) is 0 Å². The second kappa shape index (κ2) is 12.9. The van der Waals surface area contributed by atoms with Gasteiger partial charge in [-0.25, -0.2) is 0 Å². The summed E-state index contributed by atoms with van der Waals surface area (Å²) in [5.41, 5.74) is 0. The highest BCUT2D eigenvalue weighted by atomic mass is 16.6. The van der Waals surface area contributed by atoms with Crippen molar-refractivity contribution in [3.8, 4) is 0 Å². The van der Waals surface area contributed by atoms with Gasteiger partial charge in [0.25, 0.3) is 0 Å². The molecule has 0 aromatic rings. The molecule has 5 heteroatoms. The second-order valence-corrected chi connectivity index (χ2v) is 6.35. The maximum absolute atomic E-state index is 9.98. The molecule has 4 atom stereocenters. The van der Waals surface area contributed by atoms with Crippen molar-refractivity contribution in [1.82, 2.24) is 0 Å². The lowest BCUT2D eigenvalue weighted by Crippen LogP contribution is -2.41. The summed E-state index contributed by atoms with van der Waals surface area (Å²) in [5.74, 6) is 0. The van der Waals surface area contributed by atoms with Crippen molar-refractivity contribution >= 4 is 0 Å². The van der Waals surface area contributed by atoms with Crippen molar-refractivity contribution in [2.75, 3.05) is 19.8 Å². The van der Waals surface area contributed by atoms with Crippen LogP contribution in [-0.4, -0.2) is 59.6 Å². The molecule has 0 amide bonds. The molecule has 0 aromatic heterocycles. The number of rotatable bonds is 14. The van der Waals surface area contributed by atoms with Gasteiger partial charge in [0.05, 0.1) is 13.2 Å². The number of aliphatic hydroxyl groups excluding tert-OH is 3. The normalized spacial score (nSPS) is 25.6. The summed E-state index contributed by atoms with van der Waals surface area (Å²) in [6.07, 6.45) is 9.84. The van der Waals surface area contributed by atoms with E-state index < -0.39 is 31.0 Å². The highest BCUT2D eigenvalue weighted by Gasteiger charge is 2.40. The number of aliphatic hydroxyl groups is 3. The molecule has 0 bridgehead atoms. The van der Waals surface area contributed by atoms with Gasteiger partial charge < -0.3 is 24.8 Å². The molecule has 0 saturated carbocycles. The first kappa shape index (κ1) is 20.6. The van der Waals surface area contributed by atoms with Gasteiger partial charge in [0, 0.05) is 6.61 Å². The summed E-state index contributed by atoms with van der Waals surface area (Å²) in [6.45, 7) is 4.19. The Kier molecular flexibility index (Phi) is 11.5. The molecule has 0 spiro atoms. The Bertz CT molecular complexity index is 297. The molecule has 23 heavy (non-hydrogen) atoms. The molecule has 1 fully saturated rings. The van der Waals surface area contributed by atoms with Crippen molar-refractivity contribution < 1.29 is 24.8 Å². The quantitative estimate of drug-likeness (QED) is 0.336. The fourth-order valence-corrected chi connectivity index (χ4v) is 2.89. The third-order valence-electron chi connectivity index (χ3n) is 4.37. The van der Waals surface area contributed by atoms with Crippen molar-refractivity contribution in [3.63, 3.8) is 0 Å². The van der Waals surface area contributed by atoms with Crippen LogP contribution in [0.5, 0.6) is 0 Å². The van der Waals surface area contributed by atoms with Crippen LogP contribution in [-0.2, 0) is 9.47 Å². The van der Waals surface area contributed by atoms with Crippen LogP contribution in [0.3, 0.4) is 0 Å². The third kappa shape index (κ3) is 8.27. The van der Waals surface area contributed by atoms with Gasteiger partial charge in [-0.1, -0.05) is 44.6 Å². The lowest BCUT2D eigenvalue weighted by atomic mass is 10.1. The minimum Gasteiger partial charge on any atom is -0.394 e. The molecule has 5 nitrogen and oxygen atoms in total. The molecule has 0 aliphatic carbocycles. The summed E-state index contributed by atoms with van der Waals surface area (Å²) >= 11 is 0. The van der Waals surface area contributed by atoms with E-state index in [1.165, 1.54) is 38.5 Å². The monoisotopic (exact) mass is 330 g/mol. The van der Waals surface area contributed by atoms with Crippen molar-refractivity contribution in [1.29, 1.82) is 0 Å². The van der Waals surface area contributed by atoms with Crippen LogP contribution in [0.2, 0.25) is 0 Å². The molecular weight excluding hydrogens is 296 g/mol. The third-order valence-corrected chi connectivity index (χ3v) is 4.37. The Hall–Kier alpha value is -0.460. The highest BCUT2D eigenvalue weighted by molar-refractivity contribution is 4.88. The summed E-state index contributed by atoms with van der Waals surface area (Å²) in [7, 11) is 0. The number of allylic oxidation sites excluding steroid dienone is 1. The lowest BCUT2D eigenvalue weighted by molar-refractivity contribution is -0.0730. The number of hydrogen-bond donors (Lipinski definition) is 3. The Morgan fingerprint density at radius 3 is 2.30 bits per heavy atom. The van der Waals surface area contributed by atoms with E-state index in [2.05, 4.69) is 6.58 Å². The van der Waals surface area contributed by atoms with Crippen molar-refractivity contribution in [3.05, 3.63) is 12.7 Å². The molecule has 1 aliphatic rings. The molecule has 136 valence electrons. The topological polar surface area (TPSA) is 79.2 Å². The molecular formula is C18H34O5. The van der Waals surface area contributed by atoms with Gasteiger partial charge in [0.15, 0.2) is 0 Å². The predicted octanol–water partition coefficient (Wildman–Crippen LogP) is 2.18. The van der Waals surface area contributed by atoms with E-state index >= 15 is 0 Å². The zero-order chi connectivity index (χ0) is 16.9. The van der Waals surface area contributed by atoms with Crippen LogP contribution < -0.4 is 0 Å². The van der Waals surface area contributed by atoms with E-state index in [4.69, 9.17) is 14.6 Å². The fourth-order valence-electron chi connectivity index (χ4n) is 2.89. The van der Waals surface area contributed by atoms with Crippen LogP contribution >= 0.6 is 0 Å². The van der Waals surface area contributed by atoms with Gasteiger partial charge in [-0.3, -0.25) is 0 Å². The Morgan fingerprint density at radius 2 is 1.70 bits per heavy atom. The first-order chi connectivity index (χ1) is 11.2. The fraction of sp³-hybridized carbons (Fsp3) is 0.889. The van der Waals surface area contributed by atoms with Gasteiger partial charge >= 0.3 is 0 Å². The standard InChI is InChI=1S/C18H34O5/c1-2-3-4-5-6-7-8-9-10-11-12-22-16-14-23-18(17(16)21)15(20)13-19/h2,15-21H,1,3-14H2/t15-,16+,17-,18-/m0/s1.